The first-order chi connectivity index (χ1) is 26.4. The molecule has 0 saturated carbocycles. The van der Waals surface area contributed by atoms with E-state index in [1.54, 1.807) is 39.1 Å². The molecule has 11 heteroatoms. The SMILES string of the molecule is [C-]#[N+]c1cncc(COc2cc(OCc3cccc(-c4cccc(-c5ccc(OCCN(CCO)C(=O)OC(C)(C)C)cc5)c4C)c3C)c(Cl)cc2C=O)c1. The predicted molar refractivity (Wildman–Crippen MR) is 213 cm³/mol. The topological polar surface area (TPSA) is 112 Å². The van der Waals surface area contributed by atoms with Gasteiger partial charge in [-0.3, -0.25) is 9.78 Å². The fourth-order valence-corrected chi connectivity index (χ4v) is 6.15. The molecule has 1 aromatic heterocycles. The van der Waals surface area contributed by atoms with Gasteiger partial charge in [0.25, 0.3) is 0 Å². The highest BCUT2D eigenvalue weighted by atomic mass is 35.5. The monoisotopic (exact) mass is 761 g/mol. The summed E-state index contributed by atoms with van der Waals surface area (Å²) in [4.78, 5) is 33.2. The van der Waals surface area contributed by atoms with Crippen molar-refractivity contribution in [3.05, 3.63) is 136 Å². The Balaban J connectivity index is 1.27. The second-order valence-electron chi connectivity index (χ2n) is 13.8. The minimum absolute atomic E-state index is 0.109. The van der Waals surface area contributed by atoms with Crippen LogP contribution in [-0.4, -0.2) is 59.3 Å². The molecule has 0 aliphatic carbocycles. The van der Waals surface area contributed by atoms with Gasteiger partial charge in [-0.15, -0.1) is 0 Å². The summed E-state index contributed by atoms with van der Waals surface area (Å²) in [6, 6.07) is 25.0. The van der Waals surface area contributed by atoms with E-state index < -0.39 is 11.7 Å². The molecule has 284 valence electrons. The molecule has 55 heavy (non-hydrogen) atoms. The summed E-state index contributed by atoms with van der Waals surface area (Å²) in [6.45, 7) is 17.6. The van der Waals surface area contributed by atoms with E-state index in [9.17, 15) is 14.7 Å². The van der Waals surface area contributed by atoms with Gasteiger partial charge in [-0.25, -0.2) is 9.64 Å². The number of hydrogen-bond donors (Lipinski definition) is 1. The van der Waals surface area contributed by atoms with Crippen molar-refractivity contribution in [1.82, 2.24) is 9.88 Å². The minimum atomic E-state index is -0.635. The molecule has 5 aromatic rings. The maximum atomic E-state index is 12.5. The summed E-state index contributed by atoms with van der Waals surface area (Å²) >= 11 is 6.54. The summed E-state index contributed by atoms with van der Waals surface area (Å²) in [5.74, 6) is 1.34. The molecule has 0 atom stereocenters. The van der Waals surface area contributed by atoms with Gasteiger partial charge in [-0.05, 0) is 103 Å². The van der Waals surface area contributed by atoms with Gasteiger partial charge in [0.2, 0.25) is 5.69 Å². The number of rotatable bonds is 15. The van der Waals surface area contributed by atoms with Crippen LogP contribution in [0.3, 0.4) is 0 Å². The number of ether oxygens (including phenoxy) is 4. The van der Waals surface area contributed by atoms with Crippen LogP contribution in [-0.2, 0) is 18.0 Å². The number of aldehydes is 1. The highest BCUT2D eigenvalue weighted by Crippen LogP contribution is 2.37. The van der Waals surface area contributed by atoms with Crippen molar-refractivity contribution in [2.75, 3.05) is 26.3 Å². The summed E-state index contributed by atoms with van der Waals surface area (Å²) in [5.41, 5.74) is 8.13. The van der Waals surface area contributed by atoms with Crippen LogP contribution in [0.1, 0.15) is 53.4 Å². The molecule has 0 aliphatic heterocycles. The number of hydrogen-bond acceptors (Lipinski definition) is 8. The van der Waals surface area contributed by atoms with E-state index in [1.165, 1.54) is 17.2 Å². The third-order valence-corrected chi connectivity index (χ3v) is 9.06. The first kappa shape index (κ1) is 40.3. The van der Waals surface area contributed by atoms with Crippen LogP contribution in [0.4, 0.5) is 10.5 Å². The molecule has 0 unspecified atom stereocenters. The van der Waals surface area contributed by atoms with Crippen LogP contribution in [0.5, 0.6) is 17.2 Å². The molecule has 0 fully saturated rings. The van der Waals surface area contributed by atoms with Gasteiger partial charge in [0.05, 0.1) is 30.3 Å². The normalized spacial score (nSPS) is 11.0. The number of carbonyl (C=O) groups is 2. The van der Waals surface area contributed by atoms with E-state index in [0.717, 1.165) is 38.9 Å². The zero-order valence-electron chi connectivity index (χ0n) is 31.6. The average Bonchev–Trinajstić information content (AvgIpc) is 3.17. The highest BCUT2D eigenvalue weighted by molar-refractivity contribution is 6.32. The lowest BCUT2D eigenvalue weighted by Gasteiger charge is -2.27. The van der Waals surface area contributed by atoms with Gasteiger partial charge in [-0.1, -0.05) is 60.1 Å². The maximum absolute atomic E-state index is 12.5. The lowest BCUT2D eigenvalue weighted by Crippen LogP contribution is -2.40. The van der Waals surface area contributed by atoms with Crippen LogP contribution in [0.15, 0.2) is 91.3 Å². The molecular weight excluding hydrogens is 718 g/mol. The summed E-state index contributed by atoms with van der Waals surface area (Å²) < 4.78 is 23.5. The number of benzene rings is 4. The Hall–Kier alpha value is -5.89. The molecular formula is C44H44ClN3O7. The molecule has 10 nitrogen and oxygen atoms in total. The Morgan fingerprint density at radius 2 is 1.56 bits per heavy atom. The number of aliphatic hydroxyl groups excluding tert-OH is 1. The first-order valence-electron chi connectivity index (χ1n) is 17.8. The molecule has 1 N–H and O–H groups in total. The maximum Gasteiger partial charge on any atom is 0.410 e. The van der Waals surface area contributed by atoms with Crippen LogP contribution >= 0.6 is 11.6 Å². The molecule has 1 amide bonds. The van der Waals surface area contributed by atoms with Gasteiger partial charge in [0.1, 0.15) is 42.7 Å². The zero-order chi connectivity index (χ0) is 39.5. The smallest absolute Gasteiger partial charge is 0.410 e. The van der Waals surface area contributed by atoms with Gasteiger partial charge in [0, 0.05) is 25.0 Å². The van der Waals surface area contributed by atoms with Gasteiger partial charge in [0.15, 0.2) is 6.29 Å². The zero-order valence-corrected chi connectivity index (χ0v) is 32.4. The Morgan fingerprint density at radius 3 is 2.25 bits per heavy atom. The minimum Gasteiger partial charge on any atom is -0.492 e. The average molecular weight is 762 g/mol. The number of amides is 1. The summed E-state index contributed by atoms with van der Waals surface area (Å²) in [5, 5.41) is 9.70. The van der Waals surface area contributed by atoms with E-state index in [-0.39, 0.29) is 50.1 Å². The third kappa shape index (κ3) is 10.6. The number of aliphatic hydroxyl groups is 1. The van der Waals surface area contributed by atoms with E-state index >= 15 is 0 Å². The fraction of sp³-hybridized carbons (Fsp3) is 0.273. The fourth-order valence-electron chi connectivity index (χ4n) is 5.93. The largest absolute Gasteiger partial charge is 0.492 e. The summed E-state index contributed by atoms with van der Waals surface area (Å²) in [7, 11) is 0. The number of halogens is 1. The molecule has 0 radical (unpaired) electrons. The van der Waals surface area contributed by atoms with Crippen LogP contribution < -0.4 is 14.2 Å². The van der Waals surface area contributed by atoms with Crippen molar-refractivity contribution in [2.24, 2.45) is 0 Å². The van der Waals surface area contributed by atoms with Crippen molar-refractivity contribution in [3.8, 4) is 39.5 Å². The van der Waals surface area contributed by atoms with Crippen LogP contribution in [0.2, 0.25) is 5.02 Å². The second kappa shape index (κ2) is 18.4. The van der Waals surface area contributed by atoms with Crippen molar-refractivity contribution < 1.29 is 33.6 Å². The number of carbonyl (C=O) groups excluding carboxylic acids is 2. The van der Waals surface area contributed by atoms with Crippen molar-refractivity contribution in [1.29, 1.82) is 0 Å². The van der Waals surface area contributed by atoms with Gasteiger partial charge in [-0.2, -0.15) is 0 Å². The van der Waals surface area contributed by atoms with Crippen LogP contribution in [0.25, 0.3) is 27.1 Å². The Labute approximate surface area is 327 Å². The molecule has 5 rings (SSSR count). The number of pyridine rings is 1. The lowest BCUT2D eigenvalue weighted by molar-refractivity contribution is 0.0194. The molecule has 0 bridgehead atoms. The Bertz CT molecular complexity index is 2170. The Morgan fingerprint density at radius 1 is 0.873 bits per heavy atom. The van der Waals surface area contributed by atoms with Crippen molar-refractivity contribution in [2.45, 2.75) is 53.4 Å². The Kier molecular flexibility index (Phi) is 13.5. The molecule has 1 heterocycles. The standard InChI is InChI=1S/C44H44ClN3O7/c1-29-33(28-54-42-23-41(34(26-50)22-40(42)45)53-27-31-21-35(46-6)25-47-24-31)9-7-11-38(29)39-12-8-10-37(30(39)2)32-13-15-36(16-14-32)52-20-18-48(17-19-49)43(51)55-44(3,4)5/h7-16,21-26,49H,17-20,27-28H2,1-5H3. The second-order valence-corrected chi connectivity index (χ2v) is 14.2. The first-order valence-corrected chi connectivity index (χ1v) is 18.1. The molecule has 4 aromatic carbocycles. The lowest BCUT2D eigenvalue weighted by atomic mass is 9.89. The third-order valence-electron chi connectivity index (χ3n) is 8.77. The van der Waals surface area contributed by atoms with Crippen molar-refractivity contribution >= 4 is 29.7 Å². The van der Waals surface area contributed by atoms with E-state index in [1.807, 2.05) is 42.5 Å². The highest BCUT2D eigenvalue weighted by Gasteiger charge is 2.22. The quantitative estimate of drug-likeness (QED) is 0.0829. The van der Waals surface area contributed by atoms with Crippen molar-refractivity contribution in [3.63, 3.8) is 0 Å². The molecule has 0 spiro atoms. The summed E-state index contributed by atoms with van der Waals surface area (Å²) in [6.07, 6.45) is 3.27. The molecule has 0 aliphatic rings. The predicted octanol–water partition coefficient (Wildman–Crippen LogP) is 9.82. The van der Waals surface area contributed by atoms with E-state index in [0.29, 0.717) is 34.8 Å². The molecule has 0 saturated heterocycles. The number of aromatic nitrogens is 1. The van der Waals surface area contributed by atoms with E-state index in [2.05, 4.69) is 41.9 Å². The van der Waals surface area contributed by atoms with Gasteiger partial charge >= 0.3 is 6.09 Å². The van der Waals surface area contributed by atoms with E-state index in [4.69, 9.17) is 37.1 Å². The van der Waals surface area contributed by atoms with Gasteiger partial charge < -0.3 is 29.0 Å². The van der Waals surface area contributed by atoms with Crippen LogP contribution in [0, 0.1) is 20.4 Å². The number of nitrogens with zero attached hydrogens (tertiary/aromatic N) is 3.